The molecule has 1 unspecified atom stereocenters. The van der Waals surface area contributed by atoms with Crippen LogP contribution in [0.4, 0.5) is 0 Å². The number of rotatable bonds is 4. The van der Waals surface area contributed by atoms with Crippen molar-refractivity contribution in [2.45, 2.75) is 38.8 Å². The molecule has 114 valence electrons. The normalized spacial score (nSPS) is 21.6. The van der Waals surface area contributed by atoms with E-state index in [0.717, 1.165) is 26.2 Å². The molecule has 1 saturated heterocycles. The zero-order valence-corrected chi connectivity index (χ0v) is 13.2. The highest BCUT2D eigenvalue weighted by Gasteiger charge is 2.25. The van der Waals surface area contributed by atoms with Crippen molar-refractivity contribution in [2.24, 2.45) is 0 Å². The Hall–Kier alpha value is -0.980. The Morgan fingerprint density at radius 3 is 2.65 bits per heavy atom. The minimum Gasteiger partial charge on any atom is -0.423 e. The summed E-state index contributed by atoms with van der Waals surface area (Å²) in [5.41, 5.74) is -0.0935. The van der Waals surface area contributed by atoms with E-state index in [1.54, 1.807) is 0 Å². The van der Waals surface area contributed by atoms with Crippen LogP contribution >= 0.6 is 0 Å². The zero-order valence-electron chi connectivity index (χ0n) is 13.2. The minimum atomic E-state index is -0.0935. The molecule has 6 heteroatoms. The predicted octanol–water partition coefficient (Wildman–Crippen LogP) is 1.13. The van der Waals surface area contributed by atoms with Crippen LogP contribution in [-0.2, 0) is 16.7 Å². The molecule has 1 aromatic heterocycles. The van der Waals surface area contributed by atoms with Gasteiger partial charge in [0.25, 0.3) is 0 Å². The first-order valence-electron chi connectivity index (χ1n) is 7.16. The summed E-state index contributed by atoms with van der Waals surface area (Å²) >= 11 is 0. The molecule has 0 saturated carbocycles. The third-order valence-electron chi connectivity index (χ3n) is 3.26. The average molecular weight is 282 g/mol. The molecular weight excluding hydrogens is 256 g/mol. The van der Waals surface area contributed by atoms with E-state index in [9.17, 15) is 0 Å². The second-order valence-electron chi connectivity index (χ2n) is 6.74. The van der Waals surface area contributed by atoms with Crippen molar-refractivity contribution in [1.82, 2.24) is 20.0 Å². The summed E-state index contributed by atoms with van der Waals surface area (Å²) in [5.74, 6) is 1.39. The standard InChI is InChI=1S/C14H26N4O2/c1-14(2,3)13-16-15-12(20-13)10-18-6-7-19-11(9-18)8-17(4)5/h11H,6-10H2,1-5H3. The van der Waals surface area contributed by atoms with Crippen LogP contribution in [0.5, 0.6) is 0 Å². The Morgan fingerprint density at radius 1 is 1.30 bits per heavy atom. The van der Waals surface area contributed by atoms with Crippen LogP contribution in [-0.4, -0.2) is 66.4 Å². The molecular formula is C14H26N4O2. The summed E-state index contributed by atoms with van der Waals surface area (Å²) in [4.78, 5) is 4.47. The van der Waals surface area contributed by atoms with Crippen molar-refractivity contribution in [1.29, 1.82) is 0 Å². The number of nitrogens with zero attached hydrogens (tertiary/aromatic N) is 4. The van der Waals surface area contributed by atoms with Gasteiger partial charge in [-0.25, -0.2) is 0 Å². The smallest absolute Gasteiger partial charge is 0.230 e. The van der Waals surface area contributed by atoms with Gasteiger partial charge in [-0.15, -0.1) is 10.2 Å². The summed E-state index contributed by atoms with van der Waals surface area (Å²) < 4.78 is 11.5. The molecule has 0 aromatic carbocycles. The van der Waals surface area contributed by atoms with Crippen molar-refractivity contribution in [3.05, 3.63) is 11.8 Å². The molecule has 0 amide bonds. The van der Waals surface area contributed by atoms with Gasteiger partial charge in [-0.05, 0) is 14.1 Å². The van der Waals surface area contributed by atoms with E-state index < -0.39 is 0 Å². The number of morpholine rings is 1. The van der Waals surface area contributed by atoms with E-state index in [-0.39, 0.29) is 11.5 Å². The molecule has 6 nitrogen and oxygen atoms in total. The Kier molecular flexibility index (Phi) is 4.78. The number of hydrogen-bond acceptors (Lipinski definition) is 6. The Labute approximate surface area is 121 Å². The maximum atomic E-state index is 5.77. The third kappa shape index (κ3) is 4.26. The van der Waals surface area contributed by atoms with Gasteiger partial charge in [0.1, 0.15) is 0 Å². The second kappa shape index (κ2) is 6.20. The van der Waals surface area contributed by atoms with Crippen LogP contribution < -0.4 is 0 Å². The molecule has 0 aliphatic carbocycles. The summed E-state index contributed by atoms with van der Waals surface area (Å²) in [6.07, 6.45) is 0.253. The average Bonchev–Trinajstić information content (AvgIpc) is 2.76. The summed E-state index contributed by atoms with van der Waals surface area (Å²) in [6, 6.07) is 0. The largest absolute Gasteiger partial charge is 0.423 e. The molecule has 1 aliphatic heterocycles. The van der Waals surface area contributed by atoms with Crippen molar-refractivity contribution in [3.63, 3.8) is 0 Å². The first kappa shape index (κ1) is 15.4. The van der Waals surface area contributed by atoms with Gasteiger partial charge >= 0.3 is 0 Å². The highest BCUT2D eigenvalue weighted by Crippen LogP contribution is 2.21. The molecule has 2 rings (SSSR count). The number of ether oxygens (including phenoxy) is 1. The lowest BCUT2D eigenvalue weighted by molar-refractivity contribution is -0.0427. The summed E-state index contributed by atoms with van der Waals surface area (Å²) in [5, 5.41) is 8.29. The van der Waals surface area contributed by atoms with E-state index in [1.165, 1.54) is 0 Å². The van der Waals surface area contributed by atoms with Crippen LogP contribution in [0.15, 0.2) is 4.42 Å². The summed E-state index contributed by atoms with van der Waals surface area (Å²) in [7, 11) is 4.13. The summed E-state index contributed by atoms with van der Waals surface area (Å²) in [6.45, 7) is 10.5. The van der Waals surface area contributed by atoms with Gasteiger partial charge in [0.05, 0.1) is 19.3 Å². The number of likely N-dealkylation sites (N-methyl/N-ethyl adjacent to an activating group) is 1. The van der Waals surface area contributed by atoms with E-state index in [0.29, 0.717) is 18.3 Å². The first-order chi connectivity index (χ1) is 9.34. The van der Waals surface area contributed by atoms with Crippen LogP contribution in [0.3, 0.4) is 0 Å². The van der Waals surface area contributed by atoms with Crippen LogP contribution in [0.25, 0.3) is 0 Å². The van der Waals surface area contributed by atoms with Gasteiger partial charge in [-0.3, -0.25) is 4.90 Å². The molecule has 0 spiro atoms. The Balaban J connectivity index is 1.91. The van der Waals surface area contributed by atoms with E-state index >= 15 is 0 Å². The van der Waals surface area contributed by atoms with Crippen molar-refractivity contribution in [3.8, 4) is 0 Å². The predicted molar refractivity (Wildman–Crippen MR) is 76.6 cm³/mol. The van der Waals surface area contributed by atoms with Crippen LogP contribution in [0, 0.1) is 0 Å². The molecule has 1 aliphatic rings. The lowest BCUT2D eigenvalue weighted by atomic mass is 9.97. The fourth-order valence-corrected chi connectivity index (χ4v) is 2.25. The third-order valence-corrected chi connectivity index (χ3v) is 3.26. The van der Waals surface area contributed by atoms with Crippen LogP contribution in [0.2, 0.25) is 0 Å². The lowest BCUT2D eigenvalue weighted by Crippen LogP contribution is -2.46. The fourth-order valence-electron chi connectivity index (χ4n) is 2.25. The topological polar surface area (TPSA) is 54.6 Å². The van der Waals surface area contributed by atoms with E-state index in [4.69, 9.17) is 9.15 Å². The molecule has 1 atom stereocenters. The molecule has 2 heterocycles. The minimum absolute atomic E-state index is 0.0935. The van der Waals surface area contributed by atoms with Crippen LogP contribution in [0.1, 0.15) is 32.6 Å². The molecule has 1 aromatic rings. The number of hydrogen-bond donors (Lipinski definition) is 0. The first-order valence-corrected chi connectivity index (χ1v) is 7.16. The van der Waals surface area contributed by atoms with Gasteiger partial charge in [-0.2, -0.15) is 0 Å². The maximum absolute atomic E-state index is 5.77. The maximum Gasteiger partial charge on any atom is 0.230 e. The van der Waals surface area contributed by atoms with E-state index in [1.807, 2.05) is 0 Å². The highest BCUT2D eigenvalue weighted by atomic mass is 16.5. The molecule has 20 heavy (non-hydrogen) atoms. The van der Waals surface area contributed by atoms with Crippen molar-refractivity contribution in [2.75, 3.05) is 40.3 Å². The lowest BCUT2D eigenvalue weighted by Gasteiger charge is -2.33. The highest BCUT2D eigenvalue weighted by molar-refractivity contribution is 4.96. The number of aromatic nitrogens is 2. The van der Waals surface area contributed by atoms with Gasteiger partial charge < -0.3 is 14.1 Å². The van der Waals surface area contributed by atoms with Gasteiger partial charge in [0.15, 0.2) is 0 Å². The molecule has 0 bridgehead atoms. The Morgan fingerprint density at radius 2 is 2.05 bits per heavy atom. The quantitative estimate of drug-likeness (QED) is 0.825. The molecule has 0 radical (unpaired) electrons. The van der Waals surface area contributed by atoms with Gasteiger partial charge in [0, 0.05) is 25.0 Å². The zero-order chi connectivity index (χ0) is 14.8. The monoisotopic (exact) mass is 282 g/mol. The molecule has 1 fully saturated rings. The second-order valence-corrected chi connectivity index (χ2v) is 6.74. The van der Waals surface area contributed by atoms with Gasteiger partial charge in [0.2, 0.25) is 11.8 Å². The van der Waals surface area contributed by atoms with E-state index in [2.05, 4.69) is 54.9 Å². The van der Waals surface area contributed by atoms with Crippen molar-refractivity contribution >= 4 is 0 Å². The Bertz CT molecular complexity index is 425. The molecule has 0 N–H and O–H groups in total. The van der Waals surface area contributed by atoms with Crippen molar-refractivity contribution < 1.29 is 9.15 Å². The fraction of sp³-hybridized carbons (Fsp3) is 0.857. The van der Waals surface area contributed by atoms with Gasteiger partial charge in [-0.1, -0.05) is 20.8 Å². The SMILES string of the molecule is CN(C)CC1CN(Cc2nnc(C(C)(C)C)o2)CCO1.